The van der Waals surface area contributed by atoms with Crippen molar-refractivity contribution in [2.45, 2.75) is 237 Å². The summed E-state index contributed by atoms with van der Waals surface area (Å²) < 4.78 is 14.5. The number of ketones is 3. The highest BCUT2D eigenvalue weighted by molar-refractivity contribution is 6.02. The highest BCUT2D eigenvalue weighted by atomic mass is 16.6. The van der Waals surface area contributed by atoms with Crippen LogP contribution >= 0.6 is 0 Å². The van der Waals surface area contributed by atoms with E-state index in [4.69, 9.17) is 9.47 Å². The predicted octanol–water partition coefficient (Wildman–Crippen LogP) is 11.4. The number of aromatic nitrogens is 3. The van der Waals surface area contributed by atoms with E-state index in [1.807, 2.05) is 20.9 Å². The standard InChI is InChI=1S/C73H98N4O9/c1-66(2)65(86-66)52(80)35-67(3)20-16-43-37-76-59-48(54-47-32-44(40-13-10-9-11-14-40)33-50(73(84)24-29-85-30-25-73)46(47)31-41(61(54)81)15-12-28-78)38-77(60(43)59)39-49-55-57(67)51(79)36-70(55,6)69(5)21-18-53-68(4,23-27-74-8)64(83)56-45-19-26-75-58(45)42-17-22-72(56,34-42)71(53,7)63(69)62(49)82/h19,26,32-33,37-38,40-42,49,52-54,56,62-63,65,74-76,78,80,82,84H,9-18,20-25,27-31,34-36,39H2,1-8H3/t41-,42-,49+,52+,53-,54-,56+,62+,63-,65+,67-,68-,69-,70-,71+,72-/m0/s1. The number of epoxide rings is 1. The van der Waals surface area contributed by atoms with Gasteiger partial charge in [-0.05, 0) is 208 Å². The third-order valence-corrected chi connectivity index (χ3v) is 27.7. The fraction of sp³-hybridized carbons (Fsp3) is 0.712. The number of aromatic amines is 2. The molecule has 11 aliphatic rings. The Morgan fingerprint density at radius 1 is 0.895 bits per heavy atom. The number of carbonyl (C=O) groups excluding carboxylic acids is 3. The van der Waals surface area contributed by atoms with Gasteiger partial charge in [0.1, 0.15) is 17.7 Å². The molecule has 6 heterocycles. The molecule has 86 heavy (non-hydrogen) atoms. The molecule has 4 aromatic rings. The van der Waals surface area contributed by atoms with Gasteiger partial charge in [0.15, 0.2) is 5.78 Å². The molecule has 2 bridgehead atoms. The summed E-state index contributed by atoms with van der Waals surface area (Å²) in [5.41, 5.74) is 7.18. The normalized spacial score (nSPS) is 40.7. The molecule has 3 aromatic heterocycles. The Labute approximate surface area is 509 Å². The summed E-state index contributed by atoms with van der Waals surface area (Å²) in [6, 6.07) is 6.87. The van der Waals surface area contributed by atoms with E-state index >= 15 is 14.4 Å². The SMILES string of the molecule is CNCC[C@]1(C)C(=O)[C@H]2c3cc[nH]c3[C@H]3CC[C@@]2(C3)[C@@]2(C)[C@H]3[C@H](O)[C@@H]4Cn5cc([C@H]6C(=O)[C@@H](CCCO)Cc7c6cc(C6CCCCC6)cc7C6(O)CCOCC6)c6[nH]cc(c65)CC[C@@](C)(C[C@@H](O)[C@H]5OC5(C)C)C5=C4[C@](C)(CC5=O)[C@@]3(C)CC[C@H]21. The number of H-pyrrole nitrogens is 2. The summed E-state index contributed by atoms with van der Waals surface area (Å²) in [6.45, 7) is 17.9. The number of allylic oxidation sites excluding steroid dienone is 1. The molecule has 8 aliphatic carbocycles. The molecule has 2 saturated heterocycles. The van der Waals surface area contributed by atoms with Crippen LogP contribution in [-0.4, -0.2) is 110 Å². The van der Waals surface area contributed by atoms with Crippen LogP contribution < -0.4 is 5.32 Å². The largest absolute Gasteiger partial charge is 0.396 e. The highest BCUT2D eigenvalue weighted by Gasteiger charge is 2.80. The van der Waals surface area contributed by atoms with E-state index in [1.165, 1.54) is 17.7 Å². The maximum absolute atomic E-state index is 16.1. The minimum absolute atomic E-state index is 0.00785. The number of aliphatic hydroxyl groups excluding tert-OH is 3. The van der Waals surface area contributed by atoms with Gasteiger partial charge in [0.2, 0.25) is 0 Å². The molecule has 13 heteroatoms. The van der Waals surface area contributed by atoms with Crippen LogP contribution in [0.25, 0.3) is 11.0 Å². The first-order valence-corrected chi connectivity index (χ1v) is 34.0. The lowest BCUT2D eigenvalue weighted by Crippen LogP contribution is -2.74. The molecule has 0 radical (unpaired) electrons. The van der Waals surface area contributed by atoms with E-state index in [-0.39, 0.29) is 47.9 Å². The molecule has 1 aromatic carbocycles. The third-order valence-electron chi connectivity index (χ3n) is 27.7. The van der Waals surface area contributed by atoms with Crippen LogP contribution in [0.3, 0.4) is 0 Å². The molecule has 464 valence electrons. The number of carbonyl (C=O) groups is 3. The number of fused-ring (bicyclic) bond motifs is 9. The lowest BCUT2D eigenvalue weighted by atomic mass is 9.28. The van der Waals surface area contributed by atoms with Gasteiger partial charge in [-0.1, -0.05) is 66.0 Å². The van der Waals surface area contributed by atoms with Crippen molar-refractivity contribution in [3.8, 4) is 0 Å². The van der Waals surface area contributed by atoms with Gasteiger partial charge >= 0.3 is 0 Å². The first-order valence-electron chi connectivity index (χ1n) is 34.0. The van der Waals surface area contributed by atoms with Crippen molar-refractivity contribution in [3.63, 3.8) is 0 Å². The molecule has 16 atom stereocenters. The first-order chi connectivity index (χ1) is 41.0. The predicted molar refractivity (Wildman–Crippen MR) is 330 cm³/mol. The maximum atomic E-state index is 16.1. The van der Waals surface area contributed by atoms with Crippen molar-refractivity contribution in [3.05, 3.63) is 92.6 Å². The molecule has 7 fully saturated rings. The Balaban J connectivity index is 0.946. The van der Waals surface area contributed by atoms with Crippen LogP contribution in [0.4, 0.5) is 0 Å². The van der Waals surface area contributed by atoms with E-state index in [0.29, 0.717) is 108 Å². The van der Waals surface area contributed by atoms with E-state index in [9.17, 15) is 20.4 Å². The number of aliphatic hydroxyl groups is 4. The number of benzene rings is 1. The summed E-state index contributed by atoms with van der Waals surface area (Å²) in [5, 5.41) is 53.9. The number of hydrogen-bond acceptors (Lipinski definition) is 10. The monoisotopic (exact) mass is 1170 g/mol. The van der Waals surface area contributed by atoms with Crippen molar-refractivity contribution in [1.82, 2.24) is 19.9 Å². The van der Waals surface area contributed by atoms with Gasteiger partial charge < -0.3 is 49.8 Å². The molecule has 1 spiro atoms. The average molecular weight is 1180 g/mol. The second-order valence-corrected chi connectivity index (χ2v) is 32.1. The molecule has 0 amide bonds. The number of rotatable bonds is 12. The lowest BCUT2D eigenvalue weighted by molar-refractivity contribution is -0.267. The first kappa shape index (κ1) is 58.2. The van der Waals surface area contributed by atoms with Gasteiger partial charge in [-0.25, -0.2) is 0 Å². The van der Waals surface area contributed by atoms with E-state index in [0.717, 1.165) is 113 Å². The number of Topliss-reactive ketones (excluding diaryl/α,β-unsaturated/α-hetero) is 3. The van der Waals surface area contributed by atoms with Gasteiger partial charge in [-0.2, -0.15) is 0 Å². The highest BCUT2D eigenvalue weighted by Crippen LogP contribution is 2.84. The topological polar surface area (TPSA) is 202 Å². The quantitative estimate of drug-likeness (QED) is 0.0669. The molecule has 3 aliphatic heterocycles. The fourth-order valence-corrected chi connectivity index (χ4v) is 23.4. The number of nitrogens with one attached hydrogen (secondary N) is 3. The third kappa shape index (κ3) is 7.81. The average Bonchev–Trinajstić information content (AvgIpc) is 1.16. The summed E-state index contributed by atoms with van der Waals surface area (Å²) in [5.74, 6) is -0.899. The molecular formula is C73H98N4O9. The number of aryl methyl sites for hydroxylation is 1. The minimum atomic E-state index is -1.11. The summed E-state index contributed by atoms with van der Waals surface area (Å²) in [6.07, 6.45) is 19.5. The van der Waals surface area contributed by atoms with Crippen molar-refractivity contribution >= 4 is 28.4 Å². The number of ether oxygens (including phenoxy) is 2. The van der Waals surface area contributed by atoms with Crippen molar-refractivity contribution < 1.29 is 44.3 Å². The van der Waals surface area contributed by atoms with Gasteiger partial charge in [-0.15, -0.1) is 0 Å². The second-order valence-electron chi connectivity index (χ2n) is 32.1. The van der Waals surface area contributed by atoms with Crippen LogP contribution in [0.15, 0.2) is 47.9 Å². The Bertz CT molecular complexity index is 3460. The van der Waals surface area contributed by atoms with Crippen molar-refractivity contribution in [2.75, 3.05) is 33.4 Å². The van der Waals surface area contributed by atoms with Gasteiger partial charge in [0.25, 0.3) is 0 Å². The Morgan fingerprint density at radius 2 is 1.66 bits per heavy atom. The molecule has 7 N–H and O–H groups in total. The summed E-state index contributed by atoms with van der Waals surface area (Å²) >= 11 is 0. The number of hydrogen-bond donors (Lipinski definition) is 7. The molecule has 5 saturated carbocycles. The van der Waals surface area contributed by atoms with Crippen LogP contribution in [0.1, 0.15) is 232 Å². The van der Waals surface area contributed by atoms with Crippen LogP contribution in [0.2, 0.25) is 0 Å². The van der Waals surface area contributed by atoms with E-state index in [2.05, 4.69) is 91.3 Å². The Kier molecular flexibility index (Phi) is 13.5. The molecule has 0 unspecified atom stereocenters. The van der Waals surface area contributed by atoms with Crippen LogP contribution in [0.5, 0.6) is 0 Å². The maximum Gasteiger partial charge on any atom is 0.160 e. The smallest absolute Gasteiger partial charge is 0.160 e. The zero-order chi connectivity index (χ0) is 60.0. The minimum Gasteiger partial charge on any atom is -0.396 e. The molecule has 15 rings (SSSR count). The number of nitrogens with zero attached hydrogens (tertiary/aromatic N) is 1. The summed E-state index contributed by atoms with van der Waals surface area (Å²) in [7, 11) is 1.99. The fourth-order valence-electron chi connectivity index (χ4n) is 23.4. The Hall–Kier alpha value is -4.21. The van der Waals surface area contributed by atoms with Gasteiger partial charge in [0.05, 0.1) is 46.3 Å². The van der Waals surface area contributed by atoms with E-state index in [1.54, 1.807) is 0 Å². The zero-order valence-electron chi connectivity index (χ0n) is 52.8. The Morgan fingerprint density at radius 3 is 2.40 bits per heavy atom. The van der Waals surface area contributed by atoms with Crippen molar-refractivity contribution in [2.24, 2.45) is 56.2 Å². The van der Waals surface area contributed by atoms with Gasteiger partial charge in [0, 0.05) is 104 Å². The van der Waals surface area contributed by atoms with Crippen molar-refractivity contribution in [1.29, 1.82) is 0 Å². The summed E-state index contributed by atoms with van der Waals surface area (Å²) in [4.78, 5) is 55.7. The van der Waals surface area contributed by atoms with Crippen LogP contribution in [0, 0.1) is 56.2 Å². The van der Waals surface area contributed by atoms with Gasteiger partial charge in [-0.3, -0.25) is 14.4 Å². The zero-order valence-corrected chi connectivity index (χ0v) is 52.8. The lowest BCUT2D eigenvalue weighted by Gasteiger charge is -2.76. The second kappa shape index (κ2) is 19.9. The molecular weight excluding hydrogens is 1080 g/mol. The van der Waals surface area contributed by atoms with E-state index < -0.39 is 67.7 Å². The van der Waals surface area contributed by atoms with Crippen LogP contribution in [-0.2, 0) is 48.8 Å². The molecule has 13 nitrogen and oxygen atoms in total.